The zero-order chi connectivity index (χ0) is 24.2. The minimum absolute atomic E-state index is 0.198. The molecule has 184 valence electrons. The fraction of sp³-hybridized carbons (Fsp3) is 0.429. The van der Waals surface area contributed by atoms with Gasteiger partial charge in [0.1, 0.15) is 11.5 Å². The summed E-state index contributed by atoms with van der Waals surface area (Å²) in [5.41, 5.74) is 9.25. The number of aryl methyl sites for hydroxylation is 1. The minimum atomic E-state index is -0.444. The van der Waals surface area contributed by atoms with E-state index in [2.05, 4.69) is 39.5 Å². The van der Waals surface area contributed by atoms with Crippen LogP contribution in [0.1, 0.15) is 52.7 Å². The maximum atomic E-state index is 13.2. The molecule has 1 aliphatic heterocycles. The normalized spacial score (nSPS) is 20.7. The van der Waals surface area contributed by atoms with Gasteiger partial charge in [-0.2, -0.15) is 0 Å². The monoisotopic (exact) mass is 492 g/mol. The topological polar surface area (TPSA) is 71.2 Å². The lowest BCUT2D eigenvalue weighted by molar-refractivity contribution is 0.0996. The first-order valence-electron chi connectivity index (χ1n) is 12.6. The molecule has 1 aliphatic carbocycles. The van der Waals surface area contributed by atoms with Gasteiger partial charge in [-0.1, -0.05) is 36.4 Å². The number of nitrogens with two attached hydrogens (primary N) is 1. The molecule has 1 amide bonds. The van der Waals surface area contributed by atoms with E-state index in [-0.39, 0.29) is 5.82 Å². The van der Waals surface area contributed by atoms with Crippen molar-refractivity contribution in [3.8, 4) is 11.1 Å². The zero-order valence-corrected chi connectivity index (χ0v) is 20.8. The molecule has 2 fully saturated rings. The van der Waals surface area contributed by atoms with E-state index in [0.29, 0.717) is 17.7 Å². The molecule has 2 aromatic carbocycles. The Morgan fingerprint density at radius 1 is 1.09 bits per heavy atom. The van der Waals surface area contributed by atoms with E-state index in [0.717, 1.165) is 61.1 Å². The molecule has 1 saturated heterocycles. The summed E-state index contributed by atoms with van der Waals surface area (Å²) in [7, 11) is 0. The number of aromatic nitrogens is 1. The second-order valence-electron chi connectivity index (χ2n) is 9.87. The third kappa shape index (κ3) is 6.34. The van der Waals surface area contributed by atoms with Crippen LogP contribution in [0.2, 0.25) is 0 Å². The Morgan fingerprint density at radius 2 is 1.77 bits per heavy atom. The van der Waals surface area contributed by atoms with Crippen LogP contribution in [0.15, 0.2) is 53.9 Å². The number of benzene rings is 2. The third-order valence-electron chi connectivity index (χ3n) is 7.35. The van der Waals surface area contributed by atoms with Crippen molar-refractivity contribution in [2.45, 2.75) is 44.1 Å². The van der Waals surface area contributed by atoms with E-state index >= 15 is 0 Å². The number of halogens is 1. The summed E-state index contributed by atoms with van der Waals surface area (Å²) in [6.45, 7) is 4.52. The standard InChI is InChI=1S/C28H33FN4OS/c29-23-9-7-21(8-10-23)20-3-5-22(6-4-20)24-16-25(24)31-17-19-11-14-33(15-12-19)13-1-2-27-32-26(18-35-27)28(30)34/h3-10,18-19,24-25,31H,1-2,11-17H2,(H2,30,34). The van der Waals surface area contributed by atoms with Crippen molar-refractivity contribution in [3.63, 3.8) is 0 Å². The average molecular weight is 493 g/mol. The molecule has 0 radical (unpaired) electrons. The van der Waals surface area contributed by atoms with Crippen LogP contribution in [0.4, 0.5) is 4.39 Å². The summed E-state index contributed by atoms with van der Waals surface area (Å²) in [5.74, 6) is 0.722. The zero-order valence-electron chi connectivity index (χ0n) is 20.0. The van der Waals surface area contributed by atoms with Crippen LogP contribution in [-0.4, -0.2) is 48.0 Å². The summed E-state index contributed by atoms with van der Waals surface area (Å²) in [6.07, 6.45) is 5.69. The highest BCUT2D eigenvalue weighted by Crippen LogP contribution is 2.41. The van der Waals surface area contributed by atoms with Gasteiger partial charge in [0.2, 0.25) is 0 Å². The van der Waals surface area contributed by atoms with E-state index < -0.39 is 5.91 Å². The molecule has 0 bridgehead atoms. The summed E-state index contributed by atoms with van der Waals surface area (Å²) in [6, 6.07) is 16.0. The van der Waals surface area contributed by atoms with Crippen molar-refractivity contribution in [1.82, 2.24) is 15.2 Å². The lowest BCUT2D eigenvalue weighted by Crippen LogP contribution is -2.38. The minimum Gasteiger partial charge on any atom is -0.364 e. The van der Waals surface area contributed by atoms with Gasteiger partial charge in [0, 0.05) is 23.8 Å². The molecule has 0 spiro atoms. The number of hydrogen-bond acceptors (Lipinski definition) is 5. The first-order chi connectivity index (χ1) is 17.0. The Hall–Kier alpha value is -2.61. The van der Waals surface area contributed by atoms with Crippen LogP contribution in [0.5, 0.6) is 0 Å². The van der Waals surface area contributed by atoms with Crippen LogP contribution < -0.4 is 11.1 Å². The smallest absolute Gasteiger partial charge is 0.268 e. The second-order valence-corrected chi connectivity index (χ2v) is 10.8. The summed E-state index contributed by atoms with van der Waals surface area (Å²) in [4.78, 5) is 18.0. The Balaban J connectivity index is 0.986. The maximum absolute atomic E-state index is 13.2. The van der Waals surface area contributed by atoms with Crippen LogP contribution in [0.3, 0.4) is 0 Å². The molecule has 3 N–H and O–H groups in total. The van der Waals surface area contributed by atoms with E-state index in [9.17, 15) is 9.18 Å². The van der Waals surface area contributed by atoms with Crippen molar-refractivity contribution in [1.29, 1.82) is 0 Å². The number of rotatable bonds is 10. The molecule has 7 heteroatoms. The molecular formula is C28H33FN4OS. The average Bonchev–Trinajstić information content (AvgIpc) is 3.50. The van der Waals surface area contributed by atoms with Crippen LogP contribution in [-0.2, 0) is 6.42 Å². The molecule has 2 atom stereocenters. The van der Waals surface area contributed by atoms with Gasteiger partial charge in [-0.15, -0.1) is 11.3 Å². The molecule has 1 saturated carbocycles. The lowest BCUT2D eigenvalue weighted by Gasteiger charge is -2.32. The van der Waals surface area contributed by atoms with Gasteiger partial charge in [0.25, 0.3) is 5.91 Å². The van der Waals surface area contributed by atoms with Gasteiger partial charge in [-0.25, -0.2) is 9.37 Å². The van der Waals surface area contributed by atoms with Crippen molar-refractivity contribution in [2.24, 2.45) is 11.7 Å². The maximum Gasteiger partial charge on any atom is 0.268 e. The van der Waals surface area contributed by atoms with Crippen molar-refractivity contribution in [2.75, 3.05) is 26.2 Å². The number of nitrogens with zero attached hydrogens (tertiary/aromatic N) is 2. The molecule has 35 heavy (non-hydrogen) atoms. The van der Waals surface area contributed by atoms with Crippen LogP contribution in [0, 0.1) is 11.7 Å². The quantitative estimate of drug-likeness (QED) is 0.425. The first-order valence-corrected chi connectivity index (χ1v) is 13.5. The molecular weight excluding hydrogens is 459 g/mol. The number of likely N-dealkylation sites (tertiary alicyclic amines) is 1. The van der Waals surface area contributed by atoms with Crippen molar-refractivity contribution >= 4 is 17.2 Å². The summed E-state index contributed by atoms with van der Waals surface area (Å²) < 4.78 is 13.2. The highest BCUT2D eigenvalue weighted by Gasteiger charge is 2.38. The summed E-state index contributed by atoms with van der Waals surface area (Å²) in [5, 5.41) is 6.57. The third-order valence-corrected chi connectivity index (χ3v) is 8.26. The molecule has 2 heterocycles. The first kappa shape index (κ1) is 24.1. The molecule has 2 unspecified atom stereocenters. The Bertz CT molecular complexity index is 1120. The van der Waals surface area contributed by atoms with Crippen LogP contribution >= 0.6 is 11.3 Å². The SMILES string of the molecule is NC(=O)c1csc(CCCN2CCC(CNC3CC3c3ccc(-c4ccc(F)cc4)cc3)CC2)n1. The number of amides is 1. The van der Waals surface area contributed by atoms with Gasteiger partial charge in [0.05, 0.1) is 5.01 Å². The van der Waals surface area contributed by atoms with Crippen molar-refractivity contribution in [3.05, 3.63) is 76.0 Å². The number of carbonyl (C=O) groups is 1. The van der Waals surface area contributed by atoms with Gasteiger partial charge < -0.3 is 16.0 Å². The number of piperidine rings is 1. The predicted octanol–water partition coefficient (Wildman–Crippen LogP) is 4.84. The van der Waals surface area contributed by atoms with Gasteiger partial charge in [-0.05, 0) is 86.6 Å². The highest BCUT2D eigenvalue weighted by atomic mass is 32.1. The van der Waals surface area contributed by atoms with E-state index in [4.69, 9.17) is 5.73 Å². The number of nitrogens with one attached hydrogen (secondary N) is 1. The van der Waals surface area contributed by atoms with Gasteiger partial charge in [0.15, 0.2) is 0 Å². The Morgan fingerprint density at radius 3 is 2.43 bits per heavy atom. The van der Waals surface area contributed by atoms with Gasteiger partial charge >= 0.3 is 0 Å². The van der Waals surface area contributed by atoms with E-state index in [1.807, 2.05) is 12.1 Å². The fourth-order valence-corrected chi connectivity index (χ4v) is 5.91. The number of carbonyl (C=O) groups excluding carboxylic acids is 1. The Kier molecular flexibility index (Phi) is 7.56. The molecule has 3 aromatic rings. The molecule has 5 rings (SSSR count). The van der Waals surface area contributed by atoms with E-state index in [1.54, 1.807) is 5.38 Å². The highest BCUT2D eigenvalue weighted by molar-refractivity contribution is 7.09. The second kappa shape index (κ2) is 11.0. The lowest BCUT2D eigenvalue weighted by atomic mass is 9.96. The molecule has 5 nitrogen and oxygen atoms in total. The summed E-state index contributed by atoms with van der Waals surface area (Å²) >= 11 is 1.53. The number of primary amides is 1. The predicted molar refractivity (Wildman–Crippen MR) is 139 cm³/mol. The molecule has 2 aliphatic rings. The number of hydrogen-bond donors (Lipinski definition) is 2. The number of thiazole rings is 1. The largest absolute Gasteiger partial charge is 0.364 e. The van der Waals surface area contributed by atoms with E-state index in [1.165, 1.54) is 48.3 Å². The van der Waals surface area contributed by atoms with Crippen molar-refractivity contribution < 1.29 is 9.18 Å². The van der Waals surface area contributed by atoms with Crippen LogP contribution in [0.25, 0.3) is 11.1 Å². The molecule has 1 aromatic heterocycles. The fourth-order valence-electron chi connectivity index (χ4n) is 5.08. The van der Waals surface area contributed by atoms with Gasteiger partial charge in [-0.3, -0.25) is 4.79 Å². The Labute approximate surface area is 210 Å².